The number of anilines is 6. The molecule has 476 valence electrons. The summed E-state index contributed by atoms with van der Waals surface area (Å²) in [6, 6.07) is 55.0. The molecule has 6 aromatic carbocycles. The highest BCUT2D eigenvalue weighted by molar-refractivity contribution is 5.78. The van der Waals surface area contributed by atoms with E-state index in [2.05, 4.69) is 183 Å². The van der Waals surface area contributed by atoms with Gasteiger partial charge in [0.25, 0.3) is 0 Å². The molecule has 0 amide bonds. The zero-order valence-electron chi connectivity index (χ0n) is 56.3. The van der Waals surface area contributed by atoms with Gasteiger partial charge >= 0.3 is 0 Å². The van der Waals surface area contributed by atoms with Gasteiger partial charge in [0.05, 0.1) is 0 Å². The predicted octanol–water partition coefficient (Wildman–Crippen LogP) is 28.3. The summed E-state index contributed by atoms with van der Waals surface area (Å²) >= 11 is 0. The molecule has 0 aromatic heterocycles. The van der Waals surface area contributed by atoms with E-state index in [0.717, 1.165) is 48.6 Å². The van der Waals surface area contributed by atoms with Gasteiger partial charge in [0, 0.05) is 34.1 Å². The highest BCUT2D eigenvalue weighted by Crippen LogP contribution is 2.39. The molecule has 0 N–H and O–H groups in total. The number of hydrogen-bond acceptors (Lipinski definition) is 3. The van der Waals surface area contributed by atoms with Crippen molar-refractivity contribution in [2.45, 2.75) is 310 Å². The average molecular weight is 1180 g/mol. The minimum atomic E-state index is 0.831. The van der Waals surface area contributed by atoms with Crippen LogP contribution in [-0.4, -0.2) is 0 Å². The molecule has 3 nitrogen and oxygen atoms in total. The molecule has 3 heteroatoms. The molecular formula is C84H124N2O. The summed E-state index contributed by atoms with van der Waals surface area (Å²) in [4.78, 5) is 4.83. The van der Waals surface area contributed by atoms with Crippen LogP contribution in [0.4, 0.5) is 34.1 Å². The van der Waals surface area contributed by atoms with Crippen molar-refractivity contribution in [1.29, 1.82) is 0 Å². The number of rotatable bonds is 52. The molecule has 0 bridgehead atoms. The van der Waals surface area contributed by atoms with E-state index in [4.69, 9.17) is 4.74 Å². The lowest BCUT2D eigenvalue weighted by Gasteiger charge is -2.26. The van der Waals surface area contributed by atoms with Crippen LogP contribution in [0.15, 0.2) is 146 Å². The Labute approximate surface area is 535 Å². The second-order valence-electron chi connectivity index (χ2n) is 26.2. The van der Waals surface area contributed by atoms with Gasteiger partial charge in [-0.15, -0.1) is 0 Å². The van der Waals surface area contributed by atoms with Crippen LogP contribution in [-0.2, 0) is 25.7 Å². The summed E-state index contributed by atoms with van der Waals surface area (Å²) in [6.45, 7) is 9.22. The maximum atomic E-state index is 6.65. The maximum absolute atomic E-state index is 6.65. The van der Waals surface area contributed by atoms with Crippen molar-refractivity contribution in [3.8, 4) is 11.5 Å². The highest BCUT2D eigenvalue weighted by atomic mass is 16.5. The van der Waals surface area contributed by atoms with Crippen LogP contribution >= 0.6 is 0 Å². The standard InChI is InChI=1S/C84H124N2O/c1-5-9-13-17-21-25-29-33-37-41-45-73-49-57-77(58-50-73)85(78-59-51-74(52-60-78)46-42-38-34-30-26-22-18-14-10-6-2)81-65-69-83(70-66-81)87-84-71-67-82(68-72-84)86(79-61-53-75(54-62-79)47-43-39-35-31-27-23-19-15-11-7-3)80-63-55-76(56-64-80)48-44-40-36-32-28-24-20-16-12-8-4/h49-72H,5-48H2,1-4H3. The smallest absolute Gasteiger partial charge is 0.127 e. The van der Waals surface area contributed by atoms with Crippen LogP contribution in [0, 0.1) is 0 Å². The maximum Gasteiger partial charge on any atom is 0.127 e. The molecule has 0 radical (unpaired) electrons. The average Bonchev–Trinajstić information content (AvgIpc) is 1.72. The van der Waals surface area contributed by atoms with Crippen molar-refractivity contribution < 1.29 is 4.74 Å². The van der Waals surface area contributed by atoms with Gasteiger partial charge in [0.2, 0.25) is 0 Å². The highest BCUT2D eigenvalue weighted by Gasteiger charge is 2.16. The second kappa shape index (κ2) is 45.9. The minimum absolute atomic E-state index is 0.831. The minimum Gasteiger partial charge on any atom is -0.457 e. The lowest BCUT2D eigenvalue weighted by molar-refractivity contribution is 0.483. The Hall–Kier alpha value is -5.28. The van der Waals surface area contributed by atoms with E-state index < -0.39 is 0 Å². The van der Waals surface area contributed by atoms with Crippen LogP contribution < -0.4 is 14.5 Å². The first-order chi connectivity index (χ1) is 43.1. The van der Waals surface area contributed by atoms with Gasteiger partial charge in [-0.1, -0.05) is 307 Å². The third-order valence-corrected chi connectivity index (χ3v) is 18.5. The molecule has 0 aliphatic carbocycles. The molecule has 6 aromatic rings. The number of unbranched alkanes of at least 4 members (excludes halogenated alkanes) is 36. The Balaban J connectivity index is 1.09. The van der Waals surface area contributed by atoms with Gasteiger partial charge in [-0.05, 0) is 171 Å². The Morgan fingerprint density at radius 2 is 0.333 bits per heavy atom. The summed E-state index contributed by atoms with van der Waals surface area (Å²) in [6.07, 6.45) is 59.4. The van der Waals surface area contributed by atoms with Crippen molar-refractivity contribution in [3.05, 3.63) is 168 Å². The summed E-state index contributed by atoms with van der Waals surface area (Å²) in [5.41, 5.74) is 12.7. The number of nitrogens with zero attached hydrogens (tertiary/aromatic N) is 2. The lowest BCUT2D eigenvalue weighted by atomic mass is 10.0. The van der Waals surface area contributed by atoms with E-state index in [1.165, 1.54) is 302 Å². The van der Waals surface area contributed by atoms with Crippen LogP contribution in [0.2, 0.25) is 0 Å². The summed E-state index contributed by atoms with van der Waals surface area (Å²) in [5.74, 6) is 1.66. The van der Waals surface area contributed by atoms with Gasteiger partial charge in [-0.2, -0.15) is 0 Å². The molecule has 0 heterocycles. The van der Waals surface area contributed by atoms with Crippen molar-refractivity contribution >= 4 is 34.1 Å². The molecule has 0 saturated heterocycles. The third-order valence-electron chi connectivity index (χ3n) is 18.5. The Bertz CT molecular complexity index is 2230. The summed E-state index contributed by atoms with van der Waals surface area (Å²) in [5, 5.41) is 0. The molecule has 0 fully saturated rings. The second-order valence-corrected chi connectivity index (χ2v) is 26.2. The van der Waals surface area contributed by atoms with Crippen LogP contribution in [0.1, 0.15) is 307 Å². The van der Waals surface area contributed by atoms with Gasteiger partial charge < -0.3 is 14.5 Å². The van der Waals surface area contributed by atoms with Gasteiger partial charge in [0.1, 0.15) is 11.5 Å². The first kappa shape index (κ1) is 70.8. The van der Waals surface area contributed by atoms with E-state index in [0.29, 0.717) is 0 Å². The molecule has 0 spiro atoms. The van der Waals surface area contributed by atoms with Crippen LogP contribution in [0.25, 0.3) is 0 Å². The molecular weight excluding hydrogens is 1050 g/mol. The van der Waals surface area contributed by atoms with Crippen molar-refractivity contribution in [2.75, 3.05) is 9.80 Å². The number of aryl methyl sites for hydroxylation is 4. The lowest BCUT2D eigenvalue weighted by Crippen LogP contribution is -2.10. The SMILES string of the molecule is CCCCCCCCCCCCc1ccc(N(c2ccc(CCCCCCCCCCCC)cc2)c2ccc(Oc3ccc(N(c4ccc(CCCCCCCCCCCC)cc4)c4ccc(CCCCCCCCCCCC)cc4)cc3)cc2)cc1. The monoisotopic (exact) mass is 1180 g/mol. The molecule has 0 aliphatic heterocycles. The Kier molecular flexibility index (Phi) is 37.4. The van der Waals surface area contributed by atoms with E-state index in [9.17, 15) is 0 Å². The summed E-state index contributed by atoms with van der Waals surface area (Å²) in [7, 11) is 0. The fraction of sp³-hybridized carbons (Fsp3) is 0.571. The first-order valence-electron chi connectivity index (χ1n) is 36.9. The van der Waals surface area contributed by atoms with Crippen molar-refractivity contribution in [1.82, 2.24) is 0 Å². The topological polar surface area (TPSA) is 15.7 Å². The predicted molar refractivity (Wildman–Crippen MR) is 385 cm³/mol. The molecule has 0 unspecified atom stereocenters. The Morgan fingerprint density at radius 3 is 0.506 bits per heavy atom. The van der Waals surface area contributed by atoms with Crippen molar-refractivity contribution in [2.24, 2.45) is 0 Å². The van der Waals surface area contributed by atoms with E-state index in [1.807, 2.05) is 0 Å². The number of benzene rings is 6. The van der Waals surface area contributed by atoms with Gasteiger partial charge in [-0.3, -0.25) is 0 Å². The van der Waals surface area contributed by atoms with E-state index in [1.54, 1.807) is 0 Å². The molecule has 6 rings (SSSR count). The molecule has 87 heavy (non-hydrogen) atoms. The third kappa shape index (κ3) is 29.3. The van der Waals surface area contributed by atoms with E-state index >= 15 is 0 Å². The van der Waals surface area contributed by atoms with Crippen LogP contribution in [0.3, 0.4) is 0 Å². The first-order valence-corrected chi connectivity index (χ1v) is 36.9. The quantitative estimate of drug-likeness (QED) is 0.0354. The molecule has 0 atom stereocenters. The van der Waals surface area contributed by atoms with E-state index in [-0.39, 0.29) is 0 Å². The molecule has 0 saturated carbocycles. The van der Waals surface area contributed by atoms with Crippen LogP contribution in [0.5, 0.6) is 11.5 Å². The fourth-order valence-corrected chi connectivity index (χ4v) is 12.9. The van der Waals surface area contributed by atoms with Crippen molar-refractivity contribution in [3.63, 3.8) is 0 Å². The van der Waals surface area contributed by atoms with Gasteiger partial charge in [-0.25, -0.2) is 0 Å². The zero-order chi connectivity index (χ0) is 60.9. The van der Waals surface area contributed by atoms with Gasteiger partial charge in [0.15, 0.2) is 0 Å². The normalized spacial score (nSPS) is 11.4. The zero-order valence-corrected chi connectivity index (χ0v) is 56.3. The Morgan fingerprint density at radius 1 is 0.184 bits per heavy atom. The summed E-state index contributed by atoms with van der Waals surface area (Å²) < 4.78 is 6.65. The number of hydrogen-bond donors (Lipinski definition) is 0. The number of ether oxygens (including phenoxy) is 1. The largest absolute Gasteiger partial charge is 0.457 e. The molecule has 0 aliphatic rings. The fourth-order valence-electron chi connectivity index (χ4n) is 12.9.